The molecule has 0 bridgehead atoms. The van der Waals surface area contributed by atoms with E-state index in [0.29, 0.717) is 0 Å². The molecule has 2 fully saturated rings. The molecule has 2 aliphatic rings. The van der Waals surface area contributed by atoms with E-state index in [1.807, 2.05) is 0 Å². The molecule has 0 heterocycles. The highest BCUT2D eigenvalue weighted by molar-refractivity contribution is 4.91. The quantitative estimate of drug-likeness (QED) is 0.775. The molecule has 2 rings (SSSR count). The lowest BCUT2D eigenvalue weighted by molar-refractivity contribution is 0.158. The summed E-state index contributed by atoms with van der Waals surface area (Å²) in [5.41, 5.74) is 6.62. The Bertz CT molecular complexity index is 191. The zero-order chi connectivity index (χ0) is 10.7. The molecule has 0 aromatic carbocycles. The molecule has 2 heteroatoms. The van der Waals surface area contributed by atoms with Crippen LogP contribution in [0.3, 0.4) is 0 Å². The lowest BCUT2D eigenvalue weighted by atomic mass is 9.82. The van der Waals surface area contributed by atoms with E-state index in [1.165, 1.54) is 57.8 Å². The first-order chi connectivity index (χ1) is 7.20. The van der Waals surface area contributed by atoms with Crippen LogP contribution in [-0.4, -0.2) is 30.1 Å². The Balaban J connectivity index is 1.83. The fourth-order valence-corrected chi connectivity index (χ4v) is 3.38. The molecule has 15 heavy (non-hydrogen) atoms. The number of rotatable bonds is 3. The molecular formula is C13H26N2. The van der Waals surface area contributed by atoms with Gasteiger partial charge in [0.25, 0.3) is 0 Å². The predicted molar refractivity (Wildman–Crippen MR) is 64.9 cm³/mol. The molecule has 0 radical (unpaired) electrons. The van der Waals surface area contributed by atoms with Crippen LogP contribution in [0.15, 0.2) is 0 Å². The predicted octanol–water partition coefficient (Wildman–Crippen LogP) is 2.52. The van der Waals surface area contributed by atoms with Crippen molar-refractivity contribution in [1.82, 2.24) is 4.90 Å². The molecular weight excluding hydrogens is 184 g/mol. The maximum atomic E-state index is 6.49. The molecule has 0 aromatic rings. The monoisotopic (exact) mass is 210 g/mol. The first-order valence-electron chi connectivity index (χ1n) is 6.69. The van der Waals surface area contributed by atoms with Crippen molar-refractivity contribution in [3.63, 3.8) is 0 Å². The molecule has 2 nitrogen and oxygen atoms in total. The van der Waals surface area contributed by atoms with Gasteiger partial charge in [-0.25, -0.2) is 0 Å². The fraction of sp³-hybridized carbons (Fsp3) is 1.00. The second kappa shape index (κ2) is 4.84. The third kappa shape index (κ3) is 2.94. The van der Waals surface area contributed by atoms with Crippen LogP contribution in [0.4, 0.5) is 0 Å². The first kappa shape index (κ1) is 11.4. The van der Waals surface area contributed by atoms with Gasteiger partial charge in [-0.05, 0) is 32.7 Å². The zero-order valence-electron chi connectivity index (χ0n) is 10.2. The van der Waals surface area contributed by atoms with Crippen LogP contribution in [0, 0.1) is 0 Å². The summed E-state index contributed by atoms with van der Waals surface area (Å²) in [4.78, 5) is 2.54. The van der Waals surface area contributed by atoms with Crippen LogP contribution in [0.1, 0.15) is 57.8 Å². The average molecular weight is 210 g/mol. The van der Waals surface area contributed by atoms with Crippen LogP contribution in [0.2, 0.25) is 0 Å². The van der Waals surface area contributed by atoms with Crippen molar-refractivity contribution >= 4 is 0 Å². The van der Waals surface area contributed by atoms with E-state index in [2.05, 4.69) is 11.9 Å². The minimum atomic E-state index is 0.135. The Hall–Kier alpha value is -0.0800. The number of likely N-dealkylation sites (N-methyl/N-ethyl adjacent to an activating group) is 1. The Morgan fingerprint density at radius 1 is 1.07 bits per heavy atom. The smallest absolute Gasteiger partial charge is 0.0283 e. The SMILES string of the molecule is CN(CC1(N)CCCCC1)C1CCCC1. The molecule has 0 amide bonds. The molecule has 0 aliphatic heterocycles. The van der Waals surface area contributed by atoms with Gasteiger partial charge in [0, 0.05) is 18.1 Å². The second-order valence-corrected chi connectivity index (χ2v) is 5.78. The van der Waals surface area contributed by atoms with Crippen LogP contribution in [0.25, 0.3) is 0 Å². The molecule has 0 spiro atoms. The Kier molecular flexibility index (Phi) is 3.68. The Morgan fingerprint density at radius 3 is 2.27 bits per heavy atom. The maximum Gasteiger partial charge on any atom is 0.0283 e. The van der Waals surface area contributed by atoms with Gasteiger partial charge in [-0.2, -0.15) is 0 Å². The molecule has 2 saturated carbocycles. The summed E-state index contributed by atoms with van der Waals surface area (Å²) in [6.07, 6.45) is 12.2. The molecule has 0 atom stereocenters. The van der Waals surface area contributed by atoms with Crippen molar-refractivity contribution in [2.75, 3.05) is 13.6 Å². The second-order valence-electron chi connectivity index (χ2n) is 5.78. The maximum absolute atomic E-state index is 6.49. The van der Waals surface area contributed by atoms with Gasteiger partial charge >= 0.3 is 0 Å². The summed E-state index contributed by atoms with van der Waals surface area (Å²) in [6, 6.07) is 0.826. The topological polar surface area (TPSA) is 29.3 Å². The van der Waals surface area contributed by atoms with Gasteiger partial charge in [0.05, 0.1) is 0 Å². The van der Waals surface area contributed by atoms with Gasteiger partial charge in [-0.15, -0.1) is 0 Å². The molecule has 88 valence electrons. The minimum absolute atomic E-state index is 0.135. The average Bonchev–Trinajstić information content (AvgIpc) is 2.70. The van der Waals surface area contributed by atoms with Crippen molar-refractivity contribution in [1.29, 1.82) is 0 Å². The standard InChI is InChI=1S/C13H26N2/c1-15(12-7-3-4-8-12)11-13(14)9-5-2-6-10-13/h12H,2-11,14H2,1H3. The van der Waals surface area contributed by atoms with Crippen molar-refractivity contribution in [3.05, 3.63) is 0 Å². The van der Waals surface area contributed by atoms with Gasteiger partial charge in [-0.3, -0.25) is 0 Å². The summed E-state index contributed by atoms with van der Waals surface area (Å²) < 4.78 is 0. The molecule has 2 aliphatic carbocycles. The van der Waals surface area contributed by atoms with Gasteiger partial charge < -0.3 is 10.6 Å². The largest absolute Gasteiger partial charge is 0.324 e. The lowest BCUT2D eigenvalue weighted by Gasteiger charge is -2.38. The van der Waals surface area contributed by atoms with Crippen molar-refractivity contribution in [3.8, 4) is 0 Å². The number of hydrogen-bond acceptors (Lipinski definition) is 2. The summed E-state index contributed by atoms with van der Waals surface area (Å²) in [5, 5.41) is 0. The van der Waals surface area contributed by atoms with Gasteiger partial charge in [0.1, 0.15) is 0 Å². The lowest BCUT2D eigenvalue weighted by Crippen LogP contribution is -2.52. The Labute approximate surface area is 94.2 Å². The zero-order valence-corrected chi connectivity index (χ0v) is 10.2. The highest BCUT2D eigenvalue weighted by atomic mass is 15.2. The van der Waals surface area contributed by atoms with E-state index < -0.39 is 0 Å². The Morgan fingerprint density at radius 2 is 1.67 bits per heavy atom. The summed E-state index contributed by atoms with van der Waals surface area (Å²) >= 11 is 0. The normalized spacial score (nSPS) is 27.4. The van der Waals surface area contributed by atoms with Crippen LogP contribution in [0.5, 0.6) is 0 Å². The molecule has 2 N–H and O–H groups in total. The van der Waals surface area contributed by atoms with E-state index in [9.17, 15) is 0 Å². The first-order valence-corrected chi connectivity index (χ1v) is 6.69. The molecule has 0 unspecified atom stereocenters. The van der Waals surface area contributed by atoms with E-state index in [4.69, 9.17) is 5.73 Å². The van der Waals surface area contributed by atoms with Crippen LogP contribution in [-0.2, 0) is 0 Å². The fourth-order valence-electron chi connectivity index (χ4n) is 3.38. The number of nitrogens with zero attached hydrogens (tertiary/aromatic N) is 1. The van der Waals surface area contributed by atoms with E-state index in [-0.39, 0.29) is 5.54 Å². The van der Waals surface area contributed by atoms with E-state index >= 15 is 0 Å². The van der Waals surface area contributed by atoms with Gasteiger partial charge in [0.15, 0.2) is 0 Å². The van der Waals surface area contributed by atoms with Crippen LogP contribution >= 0.6 is 0 Å². The van der Waals surface area contributed by atoms with Gasteiger partial charge in [0.2, 0.25) is 0 Å². The van der Waals surface area contributed by atoms with Crippen molar-refractivity contribution in [2.24, 2.45) is 5.73 Å². The van der Waals surface area contributed by atoms with Crippen molar-refractivity contribution in [2.45, 2.75) is 69.4 Å². The molecule has 0 aromatic heterocycles. The van der Waals surface area contributed by atoms with Crippen LogP contribution < -0.4 is 5.73 Å². The van der Waals surface area contributed by atoms with E-state index in [1.54, 1.807) is 0 Å². The number of hydrogen-bond donors (Lipinski definition) is 1. The minimum Gasteiger partial charge on any atom is -0.324 e. The third-order valence-corrected chi connectivity index (χ3v) is 4.36. The van der Waals surface area contributed by atoms with Crippen molar-refractivity contribution < 1.29 is 0 Å². The van der Waals surface area contributed by atoms with E-state index in [0.717, 1.165) is 12.6 Å². The summed E-state index contributed by atoms with van der Waals surface area (Å²) in [7, 11) is 2.28. The highest BCUT2D eigenvalue weighted by Gasteiger charge is 2.31. The number of nitrogens with two attached hydrogens (primary N) is 1. The molecule has 0 saturated heterocycles. The third-order valence-electron chi connectivity index (χ3n) is 4.36. The van der Waals surface area contributed by atoms with Gasteiger partial charge in [-0.1, -0.05) is 32.1 Å². The highest BCUT2D eigenvalue weighted by Crippen LogP contribution is 2.29. The summed E-state index contributed by atoms with van der Waals surface area (Å²) in [5.74, 6) is 0. The summed E-state index contributed by atoms with van der Waals surface area (Å²) in [6.45, 7) is 1.12.